The molecule has 2 aromatic carbocycles. The molecule has 0 aliphatic carbocycles. The molecule has 6 heteroatoms. The molecule has 21 heavy (non-hydrogen) atoms. The first-order valence-electron chi connectivity index (χ1n) is 6.32. The van der Waals surface area contributed by atoms with Gasteiger partial charge in [-0.1, -0.05) is 23.7 Å². The number of aliphatic hydroxyl groups is 1. The SMILES string of the molecule is COc1cccc(C(O)c2cc3[nH]c(=O)[nH]c3cc2Cl)c1. The summed E-state index contributed by atoms with van der Waals surface area (Å²) in [5.74, 6) is 0.652. The molecule has 108 valence electrons. The van der Waals surface area contributed by atoms with Crippen molar-refractivity contribution < 1.29 is 9.84 Å². The van der Waals surface area contributed by atoms with Crippen LogP contribution in [-0.4, -0.2) is 22.2 Å². The average molecular weight is 305 g/mol. The fourth-order valence-electron chi connectivity index (χ4n) is 2.27. The molecule has 1 heterocycles. The number of benzene rings is 2. The van der Waals surface area contributed by atoms with Crippen molar-refractivity contribution in [3.8, 4) is 5.75 Å². The summed E-state index contributed by atoms with van der Waals surface area (Å²) in [4.78, 5) is 16.6. The number of hydrogen-bond donors (Lipinski definition) is 3. The predicted molar refractivity (Wildman–Crippen MR) is 81.0 cm³/mol. The second kappa shape index (κ2) is 5.27. The van der Waals surface area contributed by atoms with Crippen LogP contribution in [0.25, 0.3) is 11.0 Å². The molecule has 0 fully saturated rings. The van der Waals surface area contributed by atoms with E-state index < -0.39 is 6.10 Å². The molecule has 3 N–H and O–H groups in total. The Morgan fingerprint density at radius 1 is 1.19 bits per heavy atom. The quantitative estimate of drug-likeness (QED) is 0.696. The Kier molecular flexibility index (Phi) is 3.45. The van der Waals surface area contributed by atoms with E-state index in [-0.39, 0.29) is 5.69 Å². The Bertz CT molecular complexity index is 853. The van der Waals surface area contributed by atoms with Crippen molar-refractivity contribution in [2.24, 2.45) is 0 Å². The van der Waals surface area contributed by atoms with Gasteiger partial charge in [-0.2, -0.15) is 0 Å². The number of halogens is 1. The highest BCUT2D eigenvalue weighted by molar-refractivity contribution is 6.32. The third kappa shape index (κ3) is 2.53. The first kappa shape index (κ1) is 13.7. The molecule has 0 bridgehead atoms. The fraction of sp³-hybridized carbons (Fsp3) is 0.133. The van der Waals surface area contributed by atoms with Crippen LogP contribution in [0.4, 0.5) is 0 Å². The number of aromatic amines is 2. The van der Waals surface area contributed by atoms with Crippen LogP contribution >= 0.6 is 11.6 Å². The average Bonchev–Trinajstić information content (AvgIpc) is 2.84. The van der Waals surface area contributed by atoms with E-state index in [2.05, 4.69) is 9.97 Å². The maximum atomic E-state index is 11.3. The van der Waals surface area contributed by atoms with Crippen LogP contribution in [0.2, 0.25) is 5.02 Å². The van der Waals surface area contributed by atoms with Crippen molar-refractivity contribution in [2.75, 3.05) is 7.11 Å². The van der Waals surface area contributed by atoms with Gasteiger partial charge in [0, 0.05) is 10.6 Å². The smallest absolute Gasteiger partial charge is 0.323 e. The van der Waals surface area contributed by atoms with Gasteiger partial charge in [-0.05, 0) is 29.8 Å². The standard InChI is InChI=1S/C15H13ClN2O3/c1-21-9-4-2-3-8(5-9)14(19)10-6-12-13(7-11(10)16)18-15(20)17-12/h2-7,14,19H,1H3,(H2,17,18,20). The summed E-state index contributed by atoms with van der Waals surface area (Å²) in [7, 11) is 1.56. The fourth-order valence-corrected chi connectivity index (χ4v) is 2.54. The molecule has 0 spiro atoms. The molecule has 1 atom stereocenters. The predicted octanol–water partition coefficient (Wildman–Crippen LogP) is 2.60. The molecule has 1 unspecified atom stereocenters. The summed E-state index contributed by atoms with van der Waals surface area (Å²) in [6, 6.07) is 10.4. The zero-order chi connectivity index (χ0) is 15.0. The van der Waals surface area contributed by atoms with Gasteiger partial charge in [0.15, 0.2) is 0 Å². The molecule has 0 amide bonds. The number of rotatable bonds is 3. The third-order valence-corrected chi connectivity index (χ3v) is 3.66. The zero-order valence-electron chi connectivity index (χ0n) is 11.2. The highest BCUT2D eigenvalue weighted by Crippen LogP contribution is 2.31. The summed E-state index contributed by atoms with van der Waals surface area (Å²) in [6.45, 7) is 0. The van der Waals surface area contributed by atoms with Gasteiger partial charge >= 0.3 is 5.69 Å². The van der Waals surface area contributed by atoms with E-state index in [4.69, 9.17) is 16.3 Å². The van der Waals surface area contributed by atoms with Gasteiger partial charge in [0.2, 0.25) is 0 Å². The minimum Gasteiger partial charge on any atom is -0.497 e. The molecular formula is C15H13ClN2O3. The number of nitrogens with one attached hydrogen (secondary N) is 2. The normalized spacial score (nSPS) is 12.5. The van der Waals surface area contributed by atoms with Crippen LogP contribution in [-0.2, 0) is 0 Å². The Labute approximate surface area is 125 Å². The largest absolute Gasteiger partial charge is 0.497 e. The van der Waals surface area contributed by atoms with E-state index in [0.29, 0.717) is 32.9 Å². The summed E-state index contributed by atoms with van der Waals surface area (Å²) >= 11 is 6.20. The lowest BCUT2D eigenvalue weighted by Gasteiger charge is -2.14. The lowest BCUT2D eigenvalue weighted by Crippen LogP contribution is -2.01. The zero-order valence-corrected chi connectivity index (χ0v) is 11.9. The monoisotopic (exact) mass is 304 g/mol. The molecule has 0 radical (unpaired) electrons. The Morgan fingerprint density at radius 2 is 1.90 bits per heavy atom. The van der Waals surface area contributed by atoms with Gasteiger partial charge in [0.1, 0.15) is 11.9 Å². The van der Waals surface area contributed by atoms with Crippen LogP contribution in [0.15, 0.2) is 41.2 Å². The third-order valence-electron chi connectivity index (χ3n) is 3.34. The minimum absolute atomic E-state index is 0.311. The summed E-state index contributed by atoms with van der Waals surface area (Å²) in [6.07, 6.45) is -0.907. The van der Waals surface area contributed by atoms with E-state index in [1.165, 1.54) is 0 Å². The van der Waals surface area contributed by atoms with Crippen LogP contribution in [0.5, 0.6) is 5.75 Å². The topological polar surface area (TPSA) is 78.1 Å². The Hall–Kier alpha value is -2.24. The van der Waals surface area contributed by atoms with Gasteiger partial charge in [0.25, 0.3) is 0 Å². The number of hydrogen-bond acceptors (Lipinski definition) is 3. The molecule has 3 rings (SSSR count). The van der Waals surface area contributed by atoms with Gasteiger partial charge in [0.05, 0.1) is 18.1 Å². The number of ether oxygens (including phenoxy) is 1. The van der Waals surface area contributed by atoms with Gasteiger partial charge in [-0.3, -0.25) is 0 Å². The van der Waals surface area contributed by atoms with Crippen LogP contribution < -0.4 is 10.4 Å². The van der Waals surface area contributed by atoms with E-state index in [0.717, 1.165) is 0 Å². The molecule has 1 aromatic heterocycles. The van der Waals surface area contributed by atoms with Gasteiger partial charge in [-0.25, -0.2) is 4.79 Å². The van der Waals surface area contributed by atoms with Gasteiger partial charge < -0.3 is 19.8 Å². The number of imidazole rings is 1. The van der Waals surface area contributed by atoms with Crippen molar-refractivity contribution >= 4 is 22.6 Å². The molecule has 0 saturated carbocycles. The summed E-state index contributed by atoms with van der Waals surface area (Å²) in [5, 5.41) is 10.9. The first-order chi connectivity index (χ1) is 10.1. The van der Waals surface area contributed by atoms with Crippen molar-refractivity contribution in [2.45, 2.75) is 6.10 Å². The lowest BCUT2D eigenvalue weighted by molar-refractivity contribution is 0.220. The lowest BCUT2D eigenvalue weighted by atomic mass is 10.0. The summed E-state index contributed by atoms with van der Waals surface area (Å²) in [5.41, 5.74) is 2.07. The number of aliphatic hydroxyl groups excluding tert-OH is 1. The maximum absolute atomic E-state index is 11.3. The van der Waals surface area contributed by atoms with Gasteiger partial charge in [-0.15, -0.1) is 0 Å². The molecule has 5 nitrogen and oxygen atoms in total. The number of aromatic nitrogens is 2. The number of H-pyrrole nitrogens is 2. The molecule has 0 saturated heterocycles. The van der Waals surface area contributed by atoms with Crippen LogP contribution in [0.1, 0.15) is 17.2 Å². The van der Waals surface area contributed by atoms with E-state index in [1.807, 2.05) is 0 Å². The van der Waals surface area contributed by atoms with Crippen molar-refractivity contribution in [1.82, 2.24) is 9.97 Å². The second-order valence-electron chi connectivity index (χ2n) is 4.68. The van der Waals surface area contributed by atoms with E-state index >= 15 is 0 Å². The van der Waals surface area contributed by atoms with Crippen molar-refractivity contribution in [3.63, 3.8) is 0 Å². The minimum atomic E-state index is -0.907. The van der Waals surface area contributed by atoms with Crippen molar-refractivity contribution in [3.05, 3.63) is 63.0 Å². The first-order valence-corrected chi connectivity index (χ1v) is 6.70. The highest BCUT2D eigenvalue weighted by atomic mass is 35.5. The highest BCUT2D eigenvalue weighted by Gasteiger charge is 2.16. The summed E-state index contributed by atoms with van der Waals surface area (Å²) < 4.78 is 5.15. The second-order valence-corrected chi connectivity index (χ2v) is 5.08. The maximum Gasteiger partial charge on any atom is 0.323 e. The van der Waals surface area contributed by atoms with Crippen LogP contribution in [0, 0.1) is 0 Å². The Morgan fingerprint density at radius 3 is 2.62 bits per heavy atom. The molecular weight excluding hydrogens is 292 g/mol. The van der Waals surface area contributed by atoms with Crippen LogP contribution in [0.3, 0.4) is 0 Å². The molecule has 3 aromatic rings. The number of methoxy groups -OCH3 is 1. The van der Waals surface area contributed by atoms with Crippen molar-refractivity contribution in [1.29, 1.82) is 0 Å². The van der Waals surface area contributed by atoms with E-state index in [9.17, 15) is 9.90 Å². The molecule has 0 aliphatic heterocycles. The van der Waals surface area contributed by atoms with E-state index in [1.54, 1.807) is 43.5 Å². The molecule has 0 aliphatic rings. The Balaban J connectivity index is 2.09. The number of fused-ring (bicyclic) bond motifs is 1.